The number of nitrogens with zero attached hydrogens (tertiary/aromatic N) is 2. The molecule has 138 valence electrons. The first kappa shape index (κ1) is 17.5. The van der Waals surface area contributed by atoms with Gasteiger partial charge in [0.2, 0.25) is 5.91 Å². The van der Waals surface area contributed by atoms with Crippen molar-refractivity contribution in [3.63, 3.8) is 0 Å². The maximum Gasteiger partial charge on any atom is 0.222 e. The van der Waals surface area contributed by atoms with Gasteiger partial charge in [-0.1, -0.05) is 18.9 Å². The molecule has 1 aromatic rings. The molecule has 0 atom stereocenters. The summed E-state index contributed by atoms with van der Waals surface area (Å²) in [5, 5.41) is 2.21. The largest absolute Gasteiger partial charge is 0.342 e. The van der Waals surface area contributed by atoms with Gasteiger partial charge in [0.15, 0.2) is 0 Å². The Bertz CT molecular complexity index is 597. The van der Waals surface area contributed by atoms with Crippen molar-refractivity contribution in [3.05, 3.63) is 22.4 Å². The smallest absolute Gasteiger partial charge is 0.222 e. The topological polar surface area (TPSA) is 23.6 Å². The lowest BCUT2D eigenvalue weighted by Gasteiger charge is -2.48. The lowest BCUT2D eigenvalue weighted by atomic mass is 9.66. The second kappa shape index (κ2) is 6.70. The first-order valence-electron chi connectivity index (χ1n) is 10.0. The minimum Gasteiger partial charge on any atom is -0.342 e. The molecule has 1 saturated heterocycles. The van der Waals surface area contributed by atoms with E-state index in [2.05, 4.69) is 41.4 Å². The van der Waals surface area contributed by atoms with Crippen LogP contribution in [0.2, 0.25) is 0 Å². The average Bonchev–Trinajstić information content (AvgIpc) is 3.09. The van der Waals surface area contributed by atoms with Crippen LogP contribution in [0.4, 0.5) is 0 Å². The Morgan fingerprint density at radius 3 is 2.60 bits per heavy atom. The monoisotopic (exact) mass is 360 g/mol. The van der Waals surface area contributed by atoms with Crippen molar-refractivity contribution in [1.29, 1.82) is 0 Å². The molecule has 4 heteroatoms. The highest BCUT2D eigenvalue weighted by atomic mass is 32.1. The summed E-state index contributed by atoms with van der Waals surface area (Å²) < 4.78 is 0. The number of rotatable bonds is 5. The van der Waals surface area contributed by atoms with Crippen LogP contribution in [0.1, 0.15) is 62.7 Å². The highest BCUT2D eigenvalue weighted by molar-refractivity contribution is 7.10. The summed E-state index contributed by atoms with van der Waals surface area (Å²) in [6.07, 6.45) is 10.8. The van der Waals surface area contributed by atoms with Crippen molar-refractivity contribution >= 4 is 17.2 Å². The van der Waals surface area contributed by atoms with Gasteiger partial charge in [0, 0.05) is 24.4 Å². The Morgan fingerprint density at radius 2 is 2.00 bits per heavy atom. The fraction of sp³-hybridized carbons (Fsp3) is 0.762. The van der Waals surface area contributed by atoms with Gasteiger partial charge in [0.1, 0.15) is 0 Å². The third kappa shape index (κ3) is 3.40. The van der Waals surface area contributed by atoms with Gasteiger partial charge in [-0.2, -0.15) is 0 Å². The lowest BCUT2D eigenvalue weighted by Crippen LogP contribution is -2.47. The summed E-state index contributed by atoms with van der Waals surface area (Å²) in [4.78, 5) is 18.7. The van der Waals surface area contributed by atoms with Gasteiger partial charge in [-0.25, -0.2) is 0 Å². The summed E-state index contributed by atoms with van der Waals surface area (Å²) in [5.74, 6) is 1.29. The molecule has 2 heterocycles. The van der Waals surface area contributed by atoms with Crippen LogP contribution in [0, 0.1) is 11.3 Å². The van der Waals surface area contributed by atoms with Crippen molar-refractivity contribution < 1.29 is 4.79 Å². The Morgan fingerprint density at radius 1 is 1.24 bits per heavy atom. The highest BCUT2D eigenvalue weighted by Crippen LogP contribution is 2.52. The Hall–Kier alpha value is -0.870. The summed E-state index contributed by atoms with van der Waals surface area (Å²) in [5.41, 5.74) is 0.606. The zero-order valence-corrected chi connectivity index (χ0v) is 16.6. The number of hydrogen-bond acceptors (Lipinski definition) is 3. The molecule has 3 fully saturated rings. The highest BCUT2D eigenvalue weighted by Gasteiger charge is 2.48. The molecule has 3 nitrogen and oxygen atoms in total. The molecule has 0 aromatic carbocycles. The fourth-order valence-electron chi connectivity index (χ4n) is 5.10. The van der Waals surface area contributed by atoms with E-state index in [0.717, 1.165) is 31.8 Å². The average molecular weight is 361 g/mol. The van der Waals surface area contributed by atoms with Gasteiger partial charge in [0.25, 0.3) is 0 Å². The summed E-state index contributed by atoms with van der Waals surface area (Å²) in [6.45, 7) is 2.02. The lowest BCUT2D eigenvalue weighted by molar-refractivity contribution is -0.131. The molecule has 1 aromatic heterocycles. The van der Waals surface area contributed by atoms with Gasteiger partial charge in [-0.05, 0) is 75.4 Å². The molecule has 1 amide bonds. The Kier molecular flexibility index (Phi) is 4.70. The summed E-state index contributed by atoms with van der Waals surface area (Å²) in [6, 6.07) is 4.50. The molecule has 25 heavy (non-hydrogen) atoms. The number of carbonyl (C=O) groups is 1. The third-order valence-electron chi connectivity index (χ3n) is 7.23. The van der Waals surface area contributed by atoms with Crippen LogP contribution in [0.5, 0.6) is 0 Å². The molecular weight excluding hydrogens is 328 g/mol. The second-order valence-electron chi connectivity index (χ2n) is 8.95. The van der Waals surface area contributed by atoms with E-state index in [1.54, 1.807) is 0 Å². The molecular formula is C21H32N2OS. The number of likely N-dealkylation sites (tertiary alicyclic amines) is 1. The summed E-state index contributed by atoms with van der Waals surface area (Å²) >= 11 is 1.90. The number of hydrogen-bond donors (Lipinski definition) is 0. The van der Waals surface area contributed by atoms with Crippen LogP contribution in [0.15, 0.2) is 17.5 Å². The molecule has 4 rings (SSSR count). The van der Waals surface area contributed by atoms with E-state index in [0.29, 0.717) is 11.3 Å². The molecule has 2 aliphatic carbocycles. The molecule has 2 saturated carbocycles. The van der Waals surface area contributed by atoms with E-state index in [1.165, 1.54) is 49.8 Å². The summed E-state index contributed by atoms with van der Waals surface area (Å²) in [7, 11) is 4.47. The van der Waals surface area contributed by atoms with Gasteiger partial charge in [-0.3, -0.25) is 9.69 Å². The normalized spacial score (nSPS) is 32.7. The van der Waals surface area contributed by atoms with E-state index >= 15 is 0 Å². The quantitative estimate of drug-likeness (QED) is 0.772. The first-order chi connectivity index (χ1) is 12.0. The van der Waals surface area contributed by atoms with Gasteiger partial charge in [-0.15, -0.1) is 11.3 Å². The molecule has 3 aliphatic rings. The number of thiophene rings is 1. The zero-order valence-electron chi connectivity index (χ0n) is 15.8. The molecule has 0 bridgehead atoms. The number of amides is 1. The minimum atomic E-state index is 0.211. The Balaban J connectivity index is 1.38. The van der Waals surface area contributed by atoms with Crippen molar-refractivity contribution in [2.75, 3.05) is 27.2 Å². The van der Waals surface area contributed by atoms with Gasteiger partial charge >= 0.3 is 0 Å². The van der Waals surface area contributed by atoms with Crippen LogP contribution in [0.3, 0.4) is 0 Å². The maximum absolute atomic E-state index is 12.5. The Labute approximate surface area is 156 Å². The molecule has 0 radical (unpaired) electrons. The van der Waals surface area contributed by atoms with Crippen molar-refractivity contribution in [2.45, 2.75) is 63.3 Å². The van der Waals surface area contributed by atoms with Crippen LogP contribution < -0.4 is 0 Å². The van der Waals surface area contributed by atoms with Crippen molar-refractivity contribution in [1.82, 2.24) is 9.80 Å². The molecule has 0 N–H and O–H groups in total. The second-order valence-corrected chi connectivity index (χ2v) is 9.90. The van der Waals surface area contributed by atoms with Crippen LogP contribution in [-0.4, -0.2) is 42.9 Å². The van der Waals surface area contributed by atoms with Gasteiger partial charge < -0.3 is 4.90 Å². The first-order valence-corrected chi connectivity index (χ1v) is 10.9. The standard InChI is InChI=1S/C21H32N2OS/c1-22(2)21(18-4-3-15-25-18)11-9-20(10-12-21)13-14-23(16-20)19(24)8-7-17-5-6-17/h3-4,15,17H,5-14,16H2,1-2H3. The molecule has 0 unspecified atom stereocenters. The van der Waals surface area contributed by atoms with E-state index in [-0.39, 0.29) is 5.54 Å². The fourth-order valence-corrected chi connectivity index (χ4v) is 6.17. The van der Waals surface area contributed by atoms with Crippen LogP contribution >= 0.6 is 11.3 Å². The molecule has 1 spiro atoms. The van der Waals surface area contributed by atoms with Crippen molar-refractivity contribution in [3.8, 4) is 0 Å². The van der Waals surface area contributed by atoms with E-state index in [1.807, 2.05) is 11.3 Å². The predicted octanol–water partition coefficient (Wildman–Crippen LogP) is 4.49. The van der Waals surface area contributed by atoms with Crippen LogP contribution in [0.25, 0.3) is 0 Å². The SMILES string of the molecule is CN(C)C1(c2cccs2)CCC2(CCN(C(=O)CCC3CC3)C2)CC1. The number of carbonyl (C=O) groups excluding carboxylic acids is 1. The third-order valence-corrected chi connectivity index (χ3v) is 8.29. The maximum atomic E-state index is 12.5. The van der Waals surface area contributed by atoms with Crippen LogP contribution in [-0.2, 0) is 10.3 Å². The van der Waals surface area contributed by atoms with E-state index in [9.17, 15) is 4.79 Å². The van der Waals surface area contributed by atoms with E-state index < -0.39 is 0 Å². The molecule has 1 aliphatic heterocycles. The zero-order chi connectivity index (χ0) is 17.5. The van der Waals surface area contributed by atoms with Gasteiger partial charge in [0.05, 0.1) is 5.54 Å². The predicted molar refractivity (Wildman–Crippen MR) is 104 cm³/mol. The minimum absolute atomic E-state index is 0.211. The van der Waals surface area contributed by atoms with Crippen molar-refractivity contribution in [2.24, 2.45) is 11.3 Å². The van der Waals surface area contributed by atoms with E-state index in [4.69, 9.17) is 0 Å².